The van der Waals surface area contributed by atoms with Crippen LogP contribution < -0.4 is 4.90 Å². The van der Waals surface area contributed by atoms with Crippen molar-refractivity contribution in [1.82, 2.24) is 0 Å². The van der Waals surface area contributed by atoms with Gasteiger partial charge in [-0.05, 0) is 74.1 Å². The van der Waals surface area contributed by atoms with E-state index in [0.717, 1.165) is 12.8 Å². The van der Waals surface area contributed by atoms with Gasteiger partial charge in [0.05, 0.1) is 0 Å². The number of anilines is 1. The van der Waals surface area contributed by atoms with Crippen LogP contribution in [0.3, 0.4) is 0 Å². The molecular formula is C34H51N. The monoisotopic (exact) mass is 473 g/mol. The molecule has 0 N–H and O–H groups in total. The molecule has 0 heterocycles. The lowest BCUT2D eigenvalue weighted by atomic mass is 9.91. The molecular weight excluding hydrogens is 422 g/mol. The average molecular weight is 474 g/mol. The van der Waals surface area contributed by atoms with E-state index >= 15 is 0 Å². The third-order valence-corrected chi connectivity index (χ3v) is 5.71. The third kappa shape index (κ3) is 9.40. The van der Waals surface area contributed by atoms with E-state index in [1.54, 1.807) is 0 Å². The lowest BCUT2D eigenvalue weighted by Gasteiger charge is -2.25. The van der Waals surface area contributed by atoms with E-state index in [-0.39, 0.29) is 0 Å². The molecule has 2 aliphatic carbocycles. The molecule has 0 saturated carbocycles. The minimum Gasteiger partial charge on any atom is -0.345 e. The molecule has 1 heteroatoms. The molecule has 0 fully saturated rings. The van der Waals surface area contributed by atoms with Crippen molar-refractivity contribution >= 4 is 11.3 Å². The van der Waals surface area contributed by atoms with Gasteiger partial charge in [-0.3, -0.25) is 0 Å². The molecule has 0 saturated heterocycles. The Bertz CT molecular complexity index is 947. The Balaban J connectivity index is 0.00000150. The zero-order valence-electron chi connectivity index (χ0n) is 24.3. The third-order valence-electron chi connectivity index (χ3n) is 5.71. The Kier molecular flexibility index (Phi) is 17.0. The van der Waals surface area contributed by atoms with Gasteiger partial charge in [-0.15, -0.1) is 0 Å². The molecule has 1 unspecified atom stereocenters. The van der Waals surface area contributed by atoms with Crippen molar-refractivity contribution in [3.8, 4) is 0 Å². The van der Waals surface area contributed by atoms with Crippen LogP contribution in [0, 0.1) is 5.92 Å². The first kappa shape index (κ1) is 32.2. The number of allylic oxidation sites excluding steroid dienone is 12. The van der Waals surface area contributed by atoms with Crippen molar-refractivity contribution < 1.29 is 0 Å². The van der Waals surface area contributed by atoms with Gasteiger partial charge in [0.1, 0.15) is 0 Å². The predicted octanol–water partition coefficient (Wildman–Crippen LogP) is 10.6. The van der Waals surface area contributed by atoms with Gasteiger partial charge in [0.25, 0.3) is 0 Å². The highest BCUT2D eigenvalue weighted by molar-refractivity contribution is 5.84. The van der Waals surface area contributed by atoms with E-state index in [9.17, 15) is 0 Å². The Morgan fingerprint density at radius 2 is 1.74 bits per heavy atom. The summed E-state index contributed by atoms with van der Waals surface area (Å²) in [5.74, 6) is 0.443. The highest BCUT2D eigenvalue weighted by Crippen LogP contribution is 2.36. The maximum Gasteiger partial charge on any atom is 0.0411 e. The molecule has 2 aliphatic rings. The minimum atomic E-state index is 0.443. The second-order valence-corrected chi connectivity index (χ2v) is 8.19. The van der Waals surface area contributed by atoms with Crippen LogP contribution in [0.5, 0.6) is 0 Å². The summed E-state index contributed by atoms with van der Waals surface area (Å²) < 4.78 is 0. The van der Waals surface area contributed by atoms with Crippen LogP contribution in [-0.4, -0.2) is 7.05 Å². The van der Waals surface area contributed by atoms with Gasteiger partial charge in [-0.1, -0.05) is 115 Å². The second kappa shape index (κ2) is 18.5. The summed E-state index contributed by atoms with van der Waals surface area (Å²) in [6.07, 6.45) is 22.8. The lowest BCUT2D eigenvalue weighted by Crippen LogP contribution is -2.18. The van der Waals surface area contributed by atoms with E-state index in [0.29, 0.717) is 5.92 Å². The number of fused-ring (bicyclic) bond motifs is 1. The van der Waals surface area contributed by atoms with Crippen LogP contribution in [-0.2, 0) is 6.42 Å². The van der Waals surface area contributed by atoms with Crippen LogP contribution in [0.15, 0.2) is 96.3 Å². The maximum atomic E-state index is 3.93. The largest absolute Gasteiger partial charge is 0.345 e. The molecule has 1 aromatic rings. The molecule has 1 aromatic carbocycles. The lowest BCUT2D eigenvalue weighted by molar-refractivity contribution is 0.773. The fourth-order valence-electron chi connectivity index (χ4n) is 4.04. The zero-order valence-corrected chi connectivity index (χ0v) is 24.3. The van der Waals surface area contributed by atoms with Crippen LogP contribution >= 0.6 is 0 Å². The predicted molar refractivity (Wildman–Crippen MR) is 163 cm³/mol. The number of benzene rings is 1. The molecule has 0 radical (unpaired) electrons. The van der Waals surface area contributed by atoms with E-state index in [1.807, 2.05) is 40.7 Å². The van der Waals surface area contributed by atoms with Crippen molar-refractivity contribution in [2.24, 2.45) is 5.92 Å². The van der Waals surface area contributed by atoms with Crippen molar-refractivity contribution in [2.45, 2.75) is 81.6 Å². The van der Waals surface area contributed by atoms with Gasteiger partial charge < -0.3 is 4.90 Å². The topological polar surface area (TPSA) is 3.24 Å². The van der Waals surface area contributed by atoms with Crippen molar-refractivity contribution in [3.05, 3.63) is 107 Å². The summed E-state index contributed by atoms with van der Waals surface area (Å²) in [6, 6.07) is 6.86. The van der Waals surface area contributed by atoms with Crippen molar-refractivity contribution in [1.29, 1.82) is 0 Å². The Labute approximate surface area is 218 Å². The van der Waals surface area contributed by atoms with Crippen LogP contribution in [0.25, 0.3) is 5.57 Å². The smallest absolute Gasteiger partial charge is 0.0411 e. The van der Waals surface area contributed by atoms with Crippen LogP contribution in [0.2, 0.25) is 0 Å². The highest BCUT2D eigenvalue weighted by Gasteiger charge is 2.19. The summed E-state index contributed by atoms with van der Waals surface area (Å²) in [5, 5.41) is 0. The zero-order chi connectivity index (χ0) is 26.8. The summed E-state index contributed by atoms with van der Waals surface area (Å²) in [6.45, 7) is 22.5. The number of rotatable bonds is 6. The van der Waals surface area contributed by atoms with E-state index in [4.69, 9.17) is 0 Å². The normalized spacial score (nSPS) is 16.5. The molecule has 35 heavy (non-hydrogen) atoms. The number of likely N-dealkylation sites (N-methyl/N-ethyl adjacent to an activating group) is 1. The van der Waals surface area contributed by atoms with E-state index in [1.165, 1.54) is 45.7 Å². The summed E-state index contributed by atoms with van der Waals surface area (Å²) in [5.41, 5.74) is 9.40. The van der Waals surface area contributed by atoms with Crippen LogP contribution in [0.1, 0.15) is 86.3 Å². The summed E-state index contributed by atoms with van der Waals surface area (Å²) >= 11 is 0. The molecule has 1 atom stereocenters. The Hall–Kier alpha value is -2.80. The number of hydrogen-bond acceptors (Lipinski definition) is 1. The van der Waals surface area contributed by atoms with Crippen LogP contribution in [0.4, 0.5) is 5.69 Å². The SMILES string of the molecule is C=C/C(=C\C)C1C=CC(N(C)c2ccc3c(c2)CC(C)=C3/C=C\C=C/C)=CC1.CC.CC.CCC. The quantitative estimate of drug-likeness (QED) is 0.371. The molecule has 0 spiro atoms. The maximum absolute atomic E-state index is 3.93. The first-order valence-corrected chi connectivity index (χ1v) is 13.5. The molecule has 3 rings (SSSR count). The van der Waals surface area contributed by atoms with Gasteiger partial charge in [0.15, 0.2) is 0 Å². The molecule has 0 aliphatic heterocycles. The van der Waals surface area contributed by atoms with Crippen molar-refractivity contribution in [3.63, 3.8) is 0 Å². The fourth-order valence-corrected chi connectivity index (χ4v) is 4.04. The minimum absolute atomic E-state index is 0.443. The van der Waals surface area contributed by atoms with Gasteiger partial charge in [-0.2, -0.15) is 0 Å². The fraction of sp³-hybridized carbons (Fsp3) is 0.412. The average Bonchev–Trinajstić information content (AvgIpc) is 3.22. The summed E-state index contributed by atoms with van der Waals surface area (Å²) in [7, 11) is 2.16. The Morgan fingerprint density at radius 1 is 1.09 bits per heavy atom. The number of nitrogens with zero attached hydrogens (tertiary/aromatic N) is 1. The molecule has 0 bridgehead atoms. The molecule has 0 amide bonds. The molecule has 0 aromatic heterocycles. The van der Waals surface area contributed by atoms with Gasteiger partial charge in [0, 0.05) is 24.4 Å². The van der Waals surface area contributed by atoms with E-state index in [2.05, 4.69) is 113 Å². The van der Waals surface area contributed by atoms with E-state index < -0.39 is 0 Å². The molecule has 192 valence electrons. The first-order chi connectivity index (χ1) is 17.0. The highest BCUT2D eigenvalue weighted by atomic mass is 15.1. The van der Waals surface area contributed by atoms with Crippen molar-refractivity contribution in [2.75, 3.05) is 11.9 Å². The second-order valence-electron chi connectivity index (χ2n) is 8.19. The standard InChI is InChI=1S/C27H31N.C3H8.2C2H6/c1-6-9-10-11-26-20(4)18-23-19-25(16-17-27(23)26)28(5)24-14-12-22(13-15-24)21(7-2)8-3;1-3-2;2*1-2/h6-12,14-17,19,22H,2,13,18H2,1,3-5H3;3H2,1-2H3;2*1-2H3/b9-6-,11-10-,21-8+;;;. The Morgan fingerprint density at radius 3 is 2.26 bits per heavy atom. The molecule has 1 nitrogen and oxygen atoms in total. The van der Waals surface area contributed by atoms with Gasteiger partial charge in [-0.25, -0.2) is 0 Å². The first-order valence-electron chi connectivity index (χ1n) is 13.5. The number of hydrogen-bond donors (Lipinski definition) is 0. The summed E-state index contributed by atoms with van der Waals surface area (Å²) in [4.78, 5) is 2.29. The van der Waals surface area contributed by atoms with Gasteiger partial charge in [0.2, 0.25) is 0 Å². The van der Waals surface area contributed by atoms with Gasteiger partial charge >= 0.3 is 0 Å².